The van der Waals surface area contributed by atoms with Crippen molar-refractivity contribution in [2.75, 3.05) is 12.4 Å². The molecule has 0 aliphatic heterocycles. The van der Waals surface area contributed by atoms with E-state index in [9.17, 15) is 4.79 Å². The number of rotatable bonds is 5. The largest absolute Gasteiger partial charge is 0.494 e. The second-order valence-corrected chi connectivity index (χ2v) is 5.06. The summed E-state index contributed by atoms with van der Waals surface area (Å²) >= 11 is 3.19. The van der Waals surface area contributed by atoms with Crippen molar-refractivity contribution in [2.24, 2.45) is 0 Å². The zero-order valence-corrected chi connectivity index (χ0v) is 13.6. The Morgan fingerprint density at radius 3 is 2.19 bits per heavy atom. The number of aromatic nitrogens is 2. The number of ketones is 1. The van der Waals surface area contributed by atoms with Crippen molar-refractivity contribution in [3.63, 3.8) is 0 Å². The van der Waals surface area contributed by atoms with E-state index in [1.54, 1.807) is 19.2 Å². The Morgan fingerprint density at radius 2 is 1.71 bits per heavy atom. The molecule has 0 radical (unpaired) electrons. The fraction of sp³-hybridized carbons (Fsp3) is 0.267. The quantitative estimate of drug-likeness (QED) is 0.610. The number of carbonyl (C=O) groups is 1. The van der Waals surface area contributed by atoms with Gasteiger partial charge in [-0.3, -0.25) is 4.79 Å². The summed E-state index contributed by atoms with van der Waals surface area (Å²) in [7, 11) is 1.55. The van der Waals surface area contributed by atoms with Crippen LogP contribution in [0.3, 0.4) is 0 Å². The number of hydrogen-bond donors (Lipinski definition) is 0. The van der Waals surface area contributed by atoms with Gasteiger partial charge in [0.2, 0.25) is 0 Å². The molecule has 0 atom stereocenters. The van der Waals surface area contributed by atoms with Gasteiger partial charge >= 0.3 is 6.01 Å². The number of halogens is 1. The van der Waals surface area contributed by atoms with E-state index in [-0.39, 0.29) is 11.8 Å². The summed E-state index contributed by atoms with van der Waals surface area (Å²) in [5, 5.41) is 0.302. The predicted molar refractivity (Wildman–Crippen MR) is 82.7 cm³/mol. The van der Waals surface area contributed by atoms with Crippen LogP contribution in [0.25, 0.3) is 0 Å². The van der Waals surface area contributed by atoms with Crippen molar-refractivity contribution in [3.8, 4) is 17.5 Å². The van der Waals surface area contributed by atoms with Gasteiger partial charge in [0.05, 0.1) is 24.8 Å². The molecule has 1 aromatic carbocycles. The maximum atomic E-state index is 11.9. The molecule has 0 saturated heterocycles. The first-order valence-electron chi connectivity index (χ1n) is 6.29. The lowest BCUT2D eigenvalue weighted by Crippen LogP contribution is -2.06. The van der Waals surface area contributed by atoms with Gasteiger partial charge in [0.15, 0.2) is 11.5 Å². The third kappa shape index (κ3) is 3.58. The first-order chi connectivity index (χ1) is 10.0. The maximum Gasteiger partial charge on any atom is 0.322 e. The van der Waals surface area contributed by atoms with E-state index in [1.807, 2.05) is 13.8 Å². The van der Waals surface area contributed by atoms with Crippen LogP contribution in [-0.4, -0.2) is 28.2 Å². The van der Waals surface area contributed by atoms with E-state index in [1.165, 1.54) is 12.4 Å². The average Bonchev–Trinajstić information content (AvgIpc) is 2.47. The minimum absolute atomic E-state index is 0.0530. The van der Waals surface area contributed by atoms with Crippen LogP contribution in [0.2, 0.25) is 0 Å². The molecule has 0 N–H and O–H groups in total. The Kier molecular flexibility index (Phi) is 4.90. The maximum absolute atomic E-state index is 11.9. The zero-order valence-electron chi connectivity index (χ0n) is 12.0. The molecule has 0 amide bonds. The molecule has 1 aromatic heterocycles. The Morgan fingerprint density at radius 1 is 1.14 bits per heavy atom. The molecule has 0 unspecified atom stereocenters. The molecular weight excluding hydrogens is 336 g/mol. The average molecular weight is 351 g/mol. The van der Waals surface area contributed by atoms with Crippen LogP contribution >= 0.6 is 15.9 Å². The SMILES string of the molecule is COc1cnc(Oc2cc(C)c(C(=O)CBr)c(C)c2)nc1. The molecule has 2 rings (SSSR count). The summed E-state index contributed by atoms with van der Waals surface area (Å²) in [4.78, 5) is 20.0. The van der Waals surface area contributed by atoms with E-state index in [0.29, 0.717) is 16.8 Å². The number of benzene rings is 1. The minimum Gasteiger partial charge on any atom is -0.494 e. The number of Topliss-reactive ketones (excluding diaryl/α,β-unsaturated/α-hetero) is 1. The molecule has 1 heterocycles. The second-order valence-electron chi connectivity index (χ2n) is 4.50. The fourth-order valence-electron chi connectivity index (χ4n) is 2.06. The molecule has 0 bridgehead atoms. The summed E-state index contributed by atoms with van der Waals surface area (Å²) in [5.41, 5.74) is 2.45. The lowest BCUT2D eigenvalue weighted by molar-refractivity contribution is 0.102. The van der Waals surface area contributed by atoms with Gasteiger partial charge in [-0.25, -0.2) is 0 Å². The van der Waals surface area contributed by atoms with E-state index in [2.05, 4.69) is 25.9 Å². The highest BCUT2D eigenvalue weighted by Gasteiger charge is 2.13. The zero-order chi connectivity index (χ0) is 15.4. The van der Waals surface area contributed by atoms with Gasteiger partial charge in [0.25, 0.3) is 0 Å². The first kappa shape index (κ1) is 15.4. The molecule has 21 heavy (non-hydrogen) atoms. The van der Waals surface area contributed by atoms with E-state index < -0.39 is 0 Å². The first-order valence-corrected chi connectivity index (χ1v) is 7.41. The molecule has 2 aromatic rings. The highest BCUT2D eigenvalue weighted by Crippen LogP contribution is 2.25. The number of aryl methyl sites for hydroxylation is 2. The Bertz CT molecular complexity index is 633. The van der Waals surface area contributed by atoms with Crippen molar-refractivity contribution in [2.45, 2.75) is 13.8 Å². The number of ether oxygens (including phenoxy) is 2. The van der Waals surface area contributed by atoms with Crippen molar-refractivity contribution >= 4 is 21.7 Å². The summed E-state index contributed by atoms with van der Waals surface area (Å²) in [6.45, 7) is 3.76. The summed E-state index contributed by atoms with van der Waals surface area (Å²) in [6, 6.07) is 3.83. The number of methoxy groups -OCH3 is 1. The standard InChI is InChI=1S/C15H15BrN2O3/c1-9-4-11(5-10(2)14(9)13(19)6-16)21-15-17-7-12(20-3)8-18-15/h4-5,7-8H,6H2,1-3H3. The van der Waals surface area contributed by atoms with Crippen LogP contribution < -0.4 is 9.47 Å². The van der Waals surface area contributed by atoms with Gasteiger partial charge in [0, 0.05) is 5.56 Å². The van der Waals surface area contributed by atoms with Crippen LogP contribution in [0.5, 0.6) is 17.5 Å². The van der Waals surface area contributed by atoms with Crippen molar-refractivity contribution < 1.29 is 14.3 Å². The summed E-state index contributed by atoms with van der Waals surface area (Å²) in [6.07, 6.45) is 3.07. The van der Waals surface area contributed by atoms with Gasteiger partial charge in [-0.05, 0) is 37.1 Å². The predicted octanol–water partition coefficient (Wildman–Crippen LogP) is 3.47. The van der Waals surface area contributed by atoms with E-state index >= 15 is 0 Å². The van der Waals surface area contributed by atoms with Gasteiger partial charge < -0.3 is 9.47 Å². The molecule has 0 saturated carbocycles. The van der Waals surface area contributed by atoms with E-state index in [0.717, 1.165) is 16.7 Å². The summed E-state index contributed by atoms with van der Waals surface area (Å²) in [5.74, 6) is 1.21. The Balaban J connectivity index is 2.26. The minimum atomic E-state index is 0.0530. The third-order valence-electron chi connectivity index (χ3n) is 2.96. The molecule has 0 fully saturated rings. The molecule has 0 aliphatic rings. The lowest BCUT2D eigenvalue weighted by Gasteiger charge is -2.11. The molecule has 5 nitrogen and oxygen atoms in total. The number of carbonyl (C=O) groups excluding carboxylic acids is 1. The van der Waals surface area contributed by atoms with Crippen LogP contribution in [0.4, 0.5) is 0 Å². The van der Waals surface area contributed by atoms with Crippen LogP contribution in [0.15, 0.2) is 24.5 Å². The van der Waals surface area contributed by atoms with E-state index in [4.69, 9.17) is 9.47 Å². The van der Waals surface area contributed by atoms with Crippen LogP contribution in [0, 0.1) is 13.8 Å². The number of hydrogen-bond acceptors (Lipinski definition) is 5. The van der Waals surface area contributed by atoms with Gasteiger partial charge in [-0.1, -0.05) is 15.9 Å². The number of nitrogens with zero attached hydrogens (tertiary/aromatic N) is 2. The highest BCUT2D eigenvalue weighted by atomic mass is 79.9. The Hall–Kier alpha value is -1.95. The fourth-order valence-corrected chi connectivity index (χ4v) is 2.34. The molecule has 6 heteroatoms. The second kappa shape index (κ2) is 6.67. The normalized spacial score (nSPS) is 10.3. The molecule has 0 aliphatic carbocycles. The van der Waals surface area contributed by atoms with Crippen molar-refractivity contribution in [1.82, 2.24) is 9.97 Å². The van der Waals surface area contributed by atoms with Gasteiger partial charge in [-0.15, -0.1) is 0 Å². The van der Waals surface area contributed by atoms with Crippen molar-refractivity contribution in [3.05, 3.63) is 41.2 Å². The third-order valence-corrected chi connectivity index (χ3v) is 3.46. The van der Waals surface area contributed by atoms with Gasteiger partial charge in [0.1, 0.15) is 5.75 Å². The van der Waals surface area contributed by atoms with Crippen molar-refractivity contribution in [1.29, 1.82) is 0 Å². The molecule has 0 spiro atoms. The number of alkyl halides is 1. The van der Waals surface area contributed by atoms with Crippen LogP contribution in [0.1, 0.15) is 21.5 Å². The monoisotopic (exact) mass is 350 g/mol. The smallest absolute Gasteiger partial charge is 0.322 e. The van der Waals surface area contributed by atoms with Gasteiger partial charge in [-0.2, -0.15) is 9.97 Å². The Labute approximate surface area is 131 Å². The topological polar surface area (TPSA) is 61.3 Å². The van der Waals surface area contributed by atoms with Crippen LogP contribution in [-0.2, 0) is 0 Å². The summed E-state index contributed by atoms with van der Waals surface area (Å²) < 4.78 is 10.6. The highest BCUT2D eigenvalue weighted by molar-refractivity contribution is 9.09. The molecule has 110 valence electrons. The lowest BCUT2D eigenvalue weighted by atomic mass is 9.99. The molecular formula is C15H15BrN2O3.